The van der Waals surface area contributed by atoms with E-state index in [0.29, 0.717) is 5.69 Å². The number of H-pyrrole nitrogens is 1. The number of aryl methyl sites for hydroxylation is 1. The number of rotatable bonds is 2. The van der Waals surface area contributed by atoms with E-state index < -0.39 is 24.3 Å². The Labute approximate surface area is 93.8 Å². The van der Waals surface area contributed by atoms with Gasteiger partial charge < -0.3 is 10.6 Å². The lowest BCUT2D eigenvalue weighted by atomic mass is 10.4. The van der Waals surface area contributed by atoms with Crippen LogP contribution in [-0.4, -0.2) is 28.5 Å². The summed E-state index contributed by atoms with van der Waals surface area (Å²) in [4.78, 5) is 22.3. The molecule has 9 heteroatoms. The van der Waals surface area contributed by atoms with E-state index in [-0.39, 0.29) is 5.69 Å². The molecule has 0 saturated carbocycles. The van der Waals surface area contributed by atoms with Crippen LogP contribution in [0.15, 0.2) is 4.79 Å². The molecule has 0 unspecified atom stereocenters. The van der Waals surface area contributed by atoms with Crippen molar-refractivity contribution in [2.24, 2.45) is 7.05 Å². The van der Waals surface area contributed by atoms with Gasteiger partial charge in [-0.05, 0) is 6.92 Å². The van der Waals surface area contributed by atoms with Crippen LogP contribution in [0.1, 0.15) is 5.69 Å². The molecule has 0 saturated heterocycles. The minimum absolute atomic E-state index is 0.0767. The number of urea groups is 1. The lowest BCUT2D eigenvalue weighted by Gasteiger charge is -2.08. The van der Waals surface area contributed by atoms with Crippen LogP contribution in [0.5, 0.6) is 0 Å². The summed E-state index contributed by atoms with van der Waals surface area (Å²) in [6, 6.07) is -1.08. The number of nitrogens with one attached hydrogen (secondary N) is 3. The van der Waals surface area contributed by atoms with Gasteiger partial charge in [0.05, 0.1) is 5.69 Å². The van der Waals surface area contributed by atoms with Crippen molar-refractivity contribution in [3.63, 3.8) is 0 Å². The number of carbonyl (C=O) groups is 1. The van der Waals surface area contributed by atoms with Crippen LogP contribution in [0.4, 0.5) is 23.7 Å². The van der Waals surface area contributed by atoms with Crippen molar-refractivity contribution < 1.29 is 18.0 Å². The Morgan fingerprint density at radius 1 is 1.47 bits per heavy atom. The number of aromatic nitrogens is 2. The van der Waals surface area contributed by atoms with Crippen molar-refractivity contribution in [1.29, 1.82) is 0 Å². The number of halogens is 3. The topological polar surface area (TPSA) is 78.9 Å². The first-order chi connectivity index (χ1) is 7.70. The van der Waals surface area contributed by atoms with Gasteiger partial charge in [0.15, 0.2) is 0 Å². The Hall–Kier alpha value is -1.93. The second kappa shape index (κ2) is 4.52. The Morgan fingerprint density at radius 2 is 2.06 bits per heavy atom. The van der Waals surface area contributed by atoms with E-state index in [1.54, 1.807) is 5.32 Å². The second-order valence-electron chi connectivity index (χ2n) is 3.38. The third-order valence-electron chi connectivity index (χ3n) is 2.05. The summed E-state index contributed by atoms with van der Waals surface area (Å²) in [7, 11) is 1.54. The summed E-state index contributed by atoms with van der Waals surface area (Å²) < 4.78 is 36.8. The van der Waals surface area contributed by atoms with Gasteiger partial charge in [-0.3, -0.25) is 14.6 Å². The van der Waals surface area contributed by atoms with E-state index in [1.807, 2.05) is 0 Å². The van der Waals surface area contributed by atoms with Crippen molar-refractivity contribution in [2.45, 2.75) is 13.1 Å². The van der Waals surface area contributed by atoms with E-state index in [4.69, 9.17) is 0 Å². The summed E-state index contributed by atoms with van der Waals surface area (Å²) in [5.41, 5.74) is -0.239. The quantitative estimate of drug-likeness (QED) is 0.724. The molecule has 96 valence electrons. The first-order valence-electron chi connectivity index (χ1n) is 4.58. The molecule has 0 aromatic carbocycles. The summed E-state index contributed by atoms with van der Waals surface area (Å²) in [6.07, 6.45) is -4.49. The molecule has 0 aliphatic carbocycles. The second-order valence-corrected chi connectivity index (χ2v) is 3.38. The van der Waals surface area contributed by atoms with Gasteiger partial charge in [0.1, 0.15) is 12.2 Å². The van der Waals surface area contributed by atoms with Crippen molar-refractivity contribution in [2.75, 3.05) is 11.9 Å². The van der Waals surface area contributed by atoms with Gasteiger partial charge in [-0.1, -0.05) is 0 Å². The van der Waals surface area contributed by atoms with E-state index in [0.717, 1.165) is 0 Å². The third kappa shape index (κ3) is 3.54. The molecule has 17 heavy (non-hydrogen) atoms. The Balaban J connectivity index is 2.66. The van der Waals surface area contributed by atoms with E-state index in [2.05, 4.69) is 10.4 Å². The maximum Gasteiger partial charge on any atom is 0.405 e. The normalized spacial score (nSPS) is 11.4. The van der Waals surface area contributed by atoms with Gasteiger partial charge in [0.25, 0.3) is 5.56 Å². The van der Waals surface area contributed by atoms with Crippen molar-refractivity contribution in [3.05, 3.63) is 16.0 Å². The molecule has 1 aromatic rings. The molecule has 1 heterocycles. The van der Waals surface area contributed by atoms with E-state index in [9.17, 15) is 22.8 Å². The van der Waals surface area contributed by atoms with E-state index in [1.165, 1.54) is 18.7 Å². The SMILES string of the molecule is Cc1c(NC(=O)NCC(F)(F)F)c(=O)[nH]n1C. The fraction of sp³-hybridized carbons (Fsp3) is 0.500. The van der Waals surface area contributed by atoms with Crippen LogP contribution < -0.4 is 16.2 Å². The first-order valence-corrected chi connectivity index (χ1v) is 4.58. The number of carbonyl (C=O) groups excluding carboxylic acids is 1. The average molecular weight is 252 g/mol. The van der Waals surface area contributed by atoms with Crippen LogP contribution in [0.3, 0.4) is 0 Å². The van der Waals surface area contributed by atoms with Crippen LogP contribution in [-0.2, 0) is 7.05 Å². The van der Waals surface area contributed by atoms with Crippen molar-refractivity contribution >= 4 is 11.7 Å². The zero-order valence-corrected chi connectivity index (χ0v) is 9.10. The highest BCUT2D eigenvalue weighted by Crippen LogP contribution is 2.12. The molecular formula is C8H11F3N4O2. The fourth-order valence-electron chi connectivity index (χ4n) is 1.11. The molecule has 1 rings (SSSR count). The number of alkyl halides is 3. The summed E-state index contributed by atoms with van der Waals surface area (Å²) >= 11 is 0. The van der Waals surface area contributed by atoms with Crippen LogP contribution in [0.2, 0.25) is 0 Å². The monoisotopic (exact) mass is 252 g/mol. The summed E-state index contributed by atoms with van der Waals surface area (Å²) in [5.74, 6) is 0. The number of amides is 2. The molecule has 2 amide bonds. The zero-order valence-electron chi connectivity index (χ0n) is 9.10. The van der Waals surface area contributed by atoms with Gasteiger partial charge >= 0.3 is 12.2 Å². The van der Waals surface area contributed by atoms with Crippen LogP contribution in [0, 0.1) is 6.92 Å². The van der Waals surface area contributed by atoms with Crippen LogP contribution in [0.25, 0.3) is 0 Å². The smallest absolute Gasteiger partial charge is 0.329 e. The Bertz CT molecular complexity index is 474. The molecule has 0 aliphatic heterocycles. The molecule has 0 atom stereocenters. The molecule has 0 radical (unpaired) electrons. The highest BCUT2D eigenvalue weighted by atomic mass is 19.4. The highest BCUT2D eigenvalue weighted by Gasteiger charge is 2.28. The predicted molar refractivity (Wildman–Crippen MR) is 53.8 cm³/mol. The van der Waals surface area contributed by atoms with Crippen LogP contribution >= 0.6 is 0 Å². The molecule has 6 nitrogen and oxygen atoms in total. The summed E-state index contributed by atoms with van der Waals surface area (Å²) in [6.45, 7) is 0.0832. The third-order valence-corrected chi connectivity index (χ3v) is 2.05. The first kappa shape index (κ1) is 13.1. The summed E-state index contributed by atoms with van der Waals surface area (Å²) in [5, 5.41) is 6.00. The minimum Gasteiger partial charge on any atom is -0.329 e. The zero-order chi connectivity index (χ0) is 13.2. The Kier molecular flexibility index (Phi) is 3.49. The van der Waals surface area contributed by atoms with Gasteiger partial charge in [0, 0.05) is 7.05 Å². The van der Waals surface area contributed by atoms with Gasteiger partial charge in [-0.2, -0.15) is 13.2 Å². The number of hydrogen-bond acceptors (Lipinski definition) is 2. The molecule has 0 aliphatic rings. The number of aromatic amines is 1. The lowest BCUT2D eigenvalue weighted by molar-refractivity contribution is -0.122. The molecule has 0 spiro atoms. The van der Waals surface area contributed by atoms with Crippen molar-refractivity contribution in [1.82, 2.24) is 15.1 Å². The molecule has 1 aromatic heterocycles. The standard InChI is InChI=1S/C8H11F3N4O2/c1-4-5(6(16)14-15(4)2)13-7(17)12-3-8(9,10)11/h3H2,1-2H3,(H,14,16)(H2,12,13,17). The molecule has 0 fully saturated rings. The number of nitrogens with zero attached hydrogens (tertiary/aromatic N) is 1. The number of anilines is 1. The van der Waals surface area contributed by atoms with Gasteiger partial charge in [0.2, 0.25) is 0 Å². The van der Waals surface area contributed by atoms with E-state index >= 15 is 0 Å². The number of hydrogen-bond donors (Lipinski definition) is 3. The van der Waals surface area contributed by atoms with Gasteiger partial charge in [-0.25, -0.2) is 4.79 Å². The largest absolute Gasteiger partial charge is 0.405 e. The average Bonchev–Trinajstić information content (AvgIpc) is 2.41. The molecule has 0 bridgehead atoms. The highest BCUT2D eigenvalue weighted by molar-refractivity contribution is 5.89. The van der Waals surface area contributed by atoms with Crippen molar-refractivity contribution in [3.8, 4) is 0 Å². The predicted octanol–water partition coefficient (Wildman–Crippen LogP) is 0.706. The molecular weight excluding hydrogens is 241 g/mol. The van der Waals surface area contributed by atoms with Gasteiger partial charge in [-0.15, -0.1) is 0 Å². The fourth-order valence-corrected chi connectivity index (χ4v) is 1.11. The maximum atomic E-state index is 11.8. The molecule has 3 N–H and O–H groups in total. The Morgan fingerprint density at radius 3 is 2.47 bits per heavy atom. The maximum absolute atomic E-state index is 11.8. The lowest BCUT2D eigenvalue weighted by Crippen LogP contribution is -2.37. The minimum atomic E-state index is -4.49.